The summed E-state index contributed by atoms with van der Waals surface area (Å²) in [6.07, 6.45) is -2.55. The Morgan fingerprint density at radius 3 is 2.55 bits per heavy atom. The van der Waals surface area contributed by atoms with Gasteiger partial charge in [0.05, 0.1) is 23.4 Å². The predicted octanol–water partition coefficient (Wildman–Crippen LogP) is 0.929. The summed E-state index contributed by atoms with van der Waals surface area (Å²) in [6, 6.07) is 2.48. The zero-order chi connectivity index (χ0) is 21.9. The van der Waals surface area contributed by atoms with E-state index in [2.05, 4.69) is 15.2 Å². The minimum atomic E-state index is -4.38. The Bertz CT molecular complexity index is 879. The number of urea groups is 1. The molecule has 0 unspecified atom stereocenters. The number of nitrogens with one attached hydrogen (secondary N) is 1. The van der Waals surface area contributed by atoms with Gasteiger partial charge >= 0.3 is 12.2 Å². The van der Waals surface area contributed by atoms with Gasteiger partial charge in [-0.15, -0.1) is 0 Å². The standard InChI is InChI=1S/C20H24F3N5O3/c21-20(22,23)14-1-2-15(24-5-14)6-26-4-3-18(8-26)9-27(10-18)17(30)28-11-19(12-28)13-31-7-16(29)25-19/h1-2,5H,3-4,6-13H2,(H,25,29). The number of halogens is 3. The molecule has 168 valence electrons. The molecule has 2 spiro atoms. The highest BCUT2D eigenvalue weighted by Crippen LogP contribution is 2.41. The Labute approximate surface area is 177 Å². The van der Waals surface area contributed by atoms with Crippen molar-refractivity contribution in [1.29, 1.82) is 0 Å². The first-order valence-corrected chi connectivity index (χ1v) is 10.3. The fourth-order valence-corrected chi connectivity index (χ4v) is 5.13. The highest BCUT2D eigenvalue weighted by Gasteiger charge is 2.54. The quantitative estimate of drug-likeness (QED) is 0.742. The van der Waals surface area contributed by atoms with Crippen molar-refractivity contribution in [2.75, 3.05) is 52.5 Å². The second kappa shape index (κ2) is 7.06. The predicted molar refractivity (Wildman–Crippen MR) is 102 cm³/mol. The number of alkyl halides is 3. The molecule has 4 aliphatic heterocycles. The number of carbonyl (C=O) groups excluding carboxylic acids is 2. The van der Waals surface area contributed by atoms with Gasteiger partial charge in [0.1, 0.15) is 6.61 Å². The van der Waals surface area contributed by atoms with E-state index in [4.69, 9.17) is 4.74 Å². The van der Waals surface area contributed by atoms with Gasteiger partial charge in [0.25, 0.3) is 0 Å². The fraction of sp³-hybridized carbons (Fsp3) is 0.650. The summed E-state index contributed by atoms with van der Waals surface area (Å²) in [4.78, 5) is 34.0. The van der Waals surface area contributed by atoms with E-state index in [9.17, 15) is 22.8 Å². The van der Waals surface area contributed by atoms with Crippen LogP contribution in [-0.4, -0.2) is 89.6 Å². The van der Waals surface area contributed by atoms with E-state index in [-0.39, 0.29) is 24.0 Å². The molecular weight excluding hydrogens is 415 g/mol. The molecule has 4 aliphatic rings. The van der Waals surface area contributed by atoms with Crippen LogP contribution >= 0.6 is 0 Å². The van der Waals surface area contributed by atoms with Crippen LogP contribution in [0.1, 0.15) is 17.7 Å². The summed E-state index contributed by atoms with van der Waals surface area (Å²) in [5.74, 6) is -0.144. The molecule has 0 aliphatic carbocycles. The number of carbonyl (C=O) groups is 2. The van der Waals surface area contributed by atoms with Crippen molar-refractivity contribution in [3.05, 3.63) is 29.6 Å². The van der Waals surface area contributed by atoms with Crippen LogP contribution in [0.25, 0.3) is 0 Å². The van der Waals surface area contributed by atoms with Crippen molar-refractivity contribution in [2.45, 2.75) is 24.7 Å². The first kappa shape index (κ1) is 20.5. The zero-order valence-corrected chi connectivity index (χ0v) is 17.0. The summed E-state index contributed by atoms with van der Waals surface area (Å²) < 4.78 is 43.3. The van der Waals surface area contributed by atoms with Gasteiger partial charge in [-0.1, -0.05) is 0 Å². The van der Waals surface area contributed by atoms with E-state index >= 15 is 0 Å². The summed E-state index contributed by atoms with van der Waals surface area (Å²) in [7, 11) is 0. The number of aromatic nitrogens is 1. The number of likely N-dealkylation sites (tertiary alicyclic amines) is 3. The van der Waals surface area contributed by atoms with Gasteiger partial charge in [-0.25, -0.2) is 4.79 Å². The average Bonchev–Trinajstić information content (AvgIpc) is 3.08. The largest absolute Gasteiger partial charge is 0.417 e. The number of hydrogen-bond donors (Lipinski definition) is 1. The zero-order valence-electron chi connectivity index (χ0n) is 17.0. The third kappa shape index (κ3) is 3.84. The van der Waals surface area contributed by atoms with Gasteiger partial charge in [-0.2, -0.15) is 13.2 Å². The number of rotatable bonds is 2. The van der Waals surface area contributed by atoms with Crippen LogP contribution in [-0.2, 0) is 22.3 Å². The molecule has 31 heavy (non-hydrogen) atoms. The number of nitrogens with zero attached hydrogens (tertiary/aromatic N) is 4. The van der Waals surface area contributed by atoms with Crippen molar-refractivity contribution in [2.24, 2.45) is 5.41 Å². The van der Waals surface area contributed by atoms with E-state index in [1.807, 2.05) is 4.90 Å². The van der Waals surface area contributed by atoms with Gasteiger partial charge in [0.2, 0.25) is 5.91 Å². The summed E-state index contributed by atoms with van der Waals surface area (Å²) in [5, 5.41) is 2.93. The number of pyridine rings is 1. The SMILES string of the molecule is O=C1COCC2(CN(C(=O)N3CC4(CCN(Cc5ccc(C(F)(F)F)cn5)C4)C3)C2)N1. The lowest BCUT2D eigenvalue weighted by atomic mass is 9.79. The number of ether oxygens (including phenoxy) is 1. The van der Waals surface area contributed by atoms with Crippen LogP contribution in [0, 0.1) is 5.41 Å². The van der Waals surface area contributed by atoms with Crippen LogP contribution in [0.4, 0.5) is 18.0 Å². The summed E-state index contributed by atoms with van der Waals surface area (Å²) >= 11 is 0. The third-order valence-electron chi connectivity index (χ3n) is 6.65. The highest BCUT2D eigenvalue weighted by molar-refractivity contribution is 5.81. The van der Waals surface area contributed by atoms with Crippen molar-refractivity contribution in [3.8, 4) is 0 Å². The molecule has 4 fully saturated rings. The van der Waals surface area contributed by atoms with E-state index in [0.717, 1.165) is 31.8 Å². The molecule has 0 atom stereocenters. The Morgan fingerprint density at radius 1 is 1.16 bits per heavy atom. The monoisotopic (exact) mass is 439 g/mol. The van der Waals surface area contributed by atoms with Crippen molar-refractivity contribution < 1.29 is 27.5 Å². The number of morpholine rings is 1. The van der Waals surface area contributed by atoms with Crippen LogP contribution in [0.3, 0.4) is 0 Å². The average molecular weight is 439 g/mol. The highest BCUT2D eigenvalue weighted by atomic mass is 19.4. The summed E-state index contributed by atoms with van der Waals surface area (Å²) in [6.45, 7) is 4.92. The fourth-order valence-electron chi connectivity index (χ4n) is 5.13. The lowest BCUT2D eigenvalue weighted by Gasteiger charge is -2.56. The normalized spacial score (nSPS) is 24.8. The van der Waals surface area contributed by atoms with Gasteiger partial charge in [0, 0.05) is 50.9 Å². The van der Waals surface area contributed by atoms with Crippen molar-refractivity contribution in [3.63, 3.8) is 0 Å². The first-order chi connectivity index (χ1) is 14.7. The molecule has 1 aromatic heterocycles. The molecule has 5 rings (SSSR count). The molecule has 3 amide bonds. The van der Waals surface area contributed by atoms with Gasteiger partial charge in [0.15, 0.2) is 0 Å². The molecular formula is C20H24F3N5O3. The topological polar surface area (TPSA) is 78.0 Å². The second-order valence-electron chi connectivity index (χ2n) is 9.31. The summed E-state index contributed by atoms with van der Waals surface area (Å²) in [5.41, 5.74) is -0.520. The maximum atomic E-state index is 12.7. The Kier molecular flexibility index (Phi) is 4.67. The molecule has 4 saturated heterocycles. The first-order valence-electron chi connectivity index (χ1n) is 10.3. The molecule has 0 saturated carbocycles. The second-order valence-corrected chi connectivity index (χ2v) is 9.31. The maximum absolute atomic E-state index is 12.7. The third-order valence-corrected chi connectivity index (χ3v) is 6.65. The van der Waals surface area contributed by atoms with Crippen molar-refractivity contribution >= 4 is 11.9 Å². The van der Waals surface area contributed by atoms with Crippen LogP contribution in [0.15, 0.2) is 18.3 Å². The lowest BCUT2D eigenvalue weighted by Crippen LogP contribution is -2.77. The molecule has 1 N–H and O–H groups in total. The lowest BCUT2D eigenvalue weighted by molar-refractivity contribution is -0.142. The molecule has 5 heterocycles. The Hall–Kier alpha value is -2.40. The van der Waals surface area contributed by atoms with E-state index in [1.54, 1.807) is 4.90 Å². The molecule has 0 aromatic carbocycles. The van der Waals surface area contributed by atoms with Gasteiger partial charge in [-0.05, 0) is 25.1 Å². The van der Waals surface area contributed by atoms with E-state index in [0.29, 0.717) is 45.0 Å². The minimum absolute atomic E-state index is 0.0149. The smallest absolute Gasteiger partial charge is 0.369 e. The molecule has 0 radical (unpaired) electrons. The Morgan fingerprint density at radius 2 is 1.90 bits per heavy atom. The van der Waals surface area contributed by atoms with E-state index < -0.39 is 17.3 Å². The molecule has 8 nitrogen and oxygen atoms in total. The van der Waals surface area contributed by atoms with Crippen LogP contribution in [0.5, 0.6) is 0 Å². The maximum Gasteiger partial charge on any atom is 0.417 e. The number of amides is 3. The Balaban J connectivity index is 1.09. The van der Waals surface area contributed by atoms with Crippen LogP contribution < -0.4 is 5.32 Å². The molecule has 11 heteroatoms. The van der Waals surface area contributed by atoms with Gasteiger partial charge in [-0.3, -0.25) is 14.7 Å². The van der Waals surface area contributed by atoms with Gasteiger partial charge < -0.3 is 19.9 Å². The molecule has 1 aromatic rings. The van der Waals surface area contributed by atoms with E-state index in [1.165, 1.54) is 6.07 Å². The van der Waals surface area contributed by atoms with Crippen LogP contribution in [0.2, 0.25) is 0 Å². The van der Waals surface area contributed by atoms with Crippen molar-refractivity contribution in [1.82, 2.24) is 25.0 Å². The molecule has 0 bridgehead atoms. The number of hydrogen-bond acceptors (Lipinski definition) is 5. The minimum Gasteiger partial charge on any atom is -0.369 e.